The Hall–Kier alpha value is -5.58. The van der Waals surface area contributed by atoms with Gasteiger partial charge >= 0.3 is 0 Å². The minimum atomic E-state index is 0. The summed E-state index contributed by atoms with van der Waals surface area (Å²) in [6, 6.07) is 47.9. The number of benzene rings is 6. The van der Waals surface area contributed by atoms with Crippen molar-refractivity contribution in [2.45, 2.75) is 41.5 Å². The Morgan fingerprint density at radius 3 is 1.51 bits per heavy atom. The van der Waals surface area contributed by atoms with E-state index in [2.05, 4.69) is 62.0 Å². The molecule has 0 aliphatic heterocycles. The van der Waals surface area contributed by atoms with E-state index in [9.17, 15) is 0 Å². The van der Waals surface area contributed by atoms with Gasteiger partial charge in [0.05, 0.1) is 19.0 Å². The topological polar surface area (TPSA) is 54.5 Å². The van der Waals surface area contributed by atoms with Crippen LogP contribution in [0.3, 0.4) is 0 Å². The van der Waals surface area contributed by atoms with Crippen molar-refractivity contribution < 1.29 is 72.9 Å². The van der Waals surface area contributed by atoms with E-state index in [1.807, 2.05) is 154 Å². The number of nitrogens with zero attached hydrogens (tertiary/aromatic N) is 4. The fourth-order valence-electron chi connectivity index (χ4n) is 5.89. The average molecular weight is 1140 g/mol. The maximum Gasteiger partial charge on any atom is 0.284 e. The van der Waals surface area contributed by atoms with Gasteiger partial charge in [-0.1, -0.05) is 65.0 Å². The monoisotopic (exact) mass is 1140 g/mol. The van der Waals surface area contributed by atoms with Crippen molar-refractivity contribution >= 4 is 0 Å². The number of imidazole rings is 2. The van der Waals surface area contributed by atoms with Gasteiger partial charge in [-0.3, -0.25) is 0 Å². The molecule has 0 aliphatic carbocycles. The summed E-state index contributed by atoms with van der Waals surface area (Å²) in [5.41, 5.74) is 7.77. The Labute approximate surface area is 378 Å². The van der Waals surface area contributed by atoms with E-state index >= 15 is 0 Å². The van der Waals surface area contributed by atoms with Gasteiger partial charge in [0.25, 0.3) is 6.33 Å². The number of para-hydroxylation sites is 3. The van der Waals surface area contributed by atoms with Gasteiger partial charge in [-0.2, -0.15) is 90.5 Å². The van der Waals surface area contributed by atoms with E-state index in [1.54, 1.807) is 10.8 Å². The Morgan fingerprint density at radius 2 is 0.983 bits per heavy atom. The molecule has 8 aromatic rings. The van der Waals surface area contributed by atoms with Gasteiger partial charge in [0.1, 0.15) is 0 Å². The Bertz CT molecular complexity index is 2610. The molecule has 0 fully saturated rings. The molecule has 0 aliphatic rings. The minimum Gasteiger partial charge on any atom is -0.509 e. The van der Waals surface area contributed by atoms with Gasteiger partial charge in [0, 0.05) is 97.8 Å². The normalized spacial score (nSPS) is 10.4. The molecule has 59 heavy (non-hydrogen) atoms. The SMILES string of the molecule is Cc1cc(C)c(Oc2[c-]c(-[n+]3[c-]n(C)cc3)c(C)cc2C)[c-]c1Oc1[c-]cccc1.Cc1cc(C)c(On2[c-][n+](-c3[c-]cccc3)cc2)[c-]c1Oc1[c-]cccc1.[Au].[Au]. The number of ether oxygens (including phenoxy) is 3. The van der Waals surface area contributed by atoms with E-state index in [1.165, 1.54) is 4.73 Å². The molecule has 0 amide bonds. The van der Waals surface area contributed by atoms with Gasteiger partial charge in [-0.05, 0) is 0 Å². The van der Waals surface area contributed by atoms with Crippen molar-refractivity contribution in [2.75, 3.05) is 0 Å². The second-order valence-corrected chi connectivity index (χ2v) is 13.5. The van der Waals surface area contributed by atoms with Crippen LogP contribution in [0.4, 0.5) is 0 Å². The molecule has 2 heterocycles. The molecule has 308 valence electrons. The molecule has 10 heteroatoms. The summed E-state index contributed by atoms with van der Waals surface area (Å²) in [5.74, 6) is 4.34. The fourth-order valence-corrected chi connectivity index (χ4v) is 5.89. The van der Waals surface area contributed by atoms with Gasteiger partial charge in [0.15, 0.2) is 0 Å². The molecule has 6 aromatic carbocycles. The Kier molecular flexibility index (Phi) is 15.4. The van der Waals surface area contributed by atoms with Crippen molar-refractivity contribution in [3.8, 4) is 51.6 Å². The average Bonchev–Trinajstić information content (AvgIpc) is 3.87. The largest absolute Gasteiger partial charge is 0.509 e. The maximum atomic E-state index is 6.26. The summed E-state index contributed by atoms with van der Waals surface area (Å²) in [6.45, 7) is 12.0. The van der Waals surface area contributed by atoms with Crippen LogP contribution in [-0.4, -0.2) is 9.30 Å². The molecule has 8 nitrogen and oxygen atoms in total. The second kappa shape index (κ2) is 20.4. The van der Waals surface area contributed by atoms with Crippen LogP contribution in [0.15, 0.2) is 116 Å². The van der Waals surface area contributed by atoms with E-state index in [-0.39, 0.29) is 44.8 Å². The van der Waals surface area contributed by atoms with Crippen molar-refractivity contribution in [1.82, 2.24) is 9.30 Å². The Balaban J connectivity index is 0.000000218. The standard InChI is InChI=1S/C26H23N2O2.C23H17N2O2.2Au/c1-18-13-19(2)24(15-23(18)28-12-11-27(5)17-28)30-26-16-25(20(3)14-21(26)4)29-22-9-7-6-8-10-22;1-18-15-19(2)23(16-22(18)26-21-11-7-4-8-12-21)27-25-14-13-24(17-25)20-9-5-3-6-10-20;;/h6-9,11-14H,1-5H3;3-9,11,13-15H,1-2H3;;/q2*-3;;. The van der Waals surface area contributed by atoms with Crippen molar-refractivity contribution in [3.05, 3.63) is 198 Å². The summed E-state index contributed by atoms with van der Waals surface area (Å²) in [6.07, 6.45) is 13.8. The first kappa shape index (κ1) is 44.5. The zero-order valence-corrected chi connectivity index (χ0v) is 37.8. The second-order valence-electron chi connectivity index (χ2n) is 13.5. The van der Waals surface area contributed by atoms with Crippen LogP contribution in [-0.2, 0) is 51.8 Å². The number of hydrogen-bond donors (Lipinski definition) is 0. The third-order valence-corrected chi connectivity index (χ3v) is 8.78. The van der Waals surface area contributed by atoms with Crippen LogP contribution >= 0.6 is 0 Å². The van der Waals surface area contributed by atoms with E-state index in [0.29, 0.717) is 40.2 Å². The third kappa shape index (κ3) is 11.3. The van der Waals surface area contributed by atoms with Crippen molar-refractivity contribution in [1.29, 1.82) is 0 Å². The summed E-state index contributed by atoms with van der Waals surface area (Å²) in [4.78, 5) is 5.93. The Morgan fingerprint density at radius 1 is 0.492 bits per heavy atom. The third-order valence-electron chi connectivity index (χ3n) is 8.78. The van der Waals surface area contributed by atoms with Crippen LogP contribution in [0.2, 0.25) is 0 Å². The van der Waals surface area contributed by atoms with E-state index in [4.69, 9.17) is 19.0 Å². The molecule has 2 radical (unpaired) electrons. The summed E-state index contributed by atoms with van der Waals surface area (Å²) >= 11 is 0. The van der Waals surface area contributed by atoms with Crippen LogP contribution in [0.25, 0.3) is 11.4 Å². The van der Waals surface area contributed by atoms with Gasteiger partial charge in [-0.15, -0.1) is 62.9 Å². The van der Waals surface area contributed by atoms with E-state index in [0.717, 1.165) is 44.8 Å². The molecule has 8 rings (SSSR count). The molecule has 0 atom stereocenters. The zero-order valence-electron chi connectivity index (χ0n) is 33.5. The molecule has 0 spiro atoms. The molecule has 0 unspecified atom stereocenters. The summed E-state index contributed by atoms with van der Waals surface area (Å²) < 4.78 is 25.2. The first-order valence-corrected chi connectivity index (χ1v) is 18.3. The van der Waals surface area contributed by atoms with Crippen LogP contribution in [0.1, 0.15) is 33.4 Å². The minimum absolute atomic E-state index is 0. The molecule has 0 N–H and O–H groups in total. The number of hydrogen-bond acceptors (Lipinski definition) is 4. The quantitative estimate of drug-likeness (QED) is 0.0779. The number of aryl methyl sites for hydroxylation is 7. The fraction of sp³-hybridized carbons (Fsp3) is 0.143. The first-order valence-electron chi connectivity index (χ1n) is 18.3. The van der Waals surface area contributed by atoms with E-state index < -0.39 is 0 Å². The van der Waals surface area contributed by atoms with Gasteiger partial charge in [0.2, 0.25) is 6.33 Å². The van der Waals surface area contributed by atoms with Gasteiger partial charge in [-0.25, -0.2) is 0 Å². The van der Waals surface area contributed by atoms with Crippen LogP contribution < -0.4 is 28.2 Å². The number of aromatic nitrogens is 4. The van der Waals surface area contributed by atoms with Crippen molar-refractivity contribution in [2.24, 2.45) is 7.05 Å². The molecule has 0 saturated carbocycles. The summed E-state index contributed by atoms with van der Waals surface area (Å²) in [7, 11) is 1.94. The first-order chi connectivity index (χ1) is 27.6. The van der Waals surface area contributed by atoms with Crippen LogP contribution in [0, 0.1) is 90.6 Å². The predicted octanol–water partition coefficient (Wildman–Crippen LogP) is 9.53. The summed E-state index contributed by atoms with van der Waals surface area (Å²) in [5, 5.41) is 0. The molecule has 0 saturated heterocycles. The zero-order chi connectivity index (χ0) is 39.9. The predicted molar refractivity (Wildman–Crippen MR) is 214 cm³/mol. The maximum absolute atomic E-state index is 6.26. The smallest absolute Gasteiger partial charge is 0.284 e. The van der Waals surface area contributed by atoms with Gasteiger partial charge < -0.3 is 32.7 Å². The van der Waals surface area contributed by atoms with Crippen LogP contribution in [0.5, 0.6) is 40.2 Å². The molecular weight excluding hydrogens is 1100 g/mol. The molecule has 2 aromatic heterocycles. The molecule has 0 bridgehead atoms. The van der Waals surface area contributed by atoms with Crippen molar-refractivity contribution in [3.63, 3.8) is 0 Å². The number of rotatable bonds is 10. The molecular formula is C49H40Au2N4O4-6.